The van der Waals surface area contributed by atoms with Crippen molar-refractivity contribution >= 4 is 17.4 Å². The van der Waals surface area contributed by atoms with Crippen LogP contribution in [0.5, 0.6) is 0 Å². The SMILES string of the molecule is COCc1nc2n(n1)CCC[C@H]2NC(=O)NC[C@@H](C)c1cccs1. The van der Waals surface area contributed by atoms with Gasteiger partial charge in [0.2, 0.25) is 0 Å². The Labute approximate surface area is 145 Å². The van der Waals surface area contributed by atoms with Crippen molar-refractivity contribution in [2.75, 3.05) is 13.7 Å². The molecule has 0 radical (unpaired) electrons. The van der Waals surface area contributed by atoms with Crippen molar-refractivity contribution in [3.63, 3.8) is 0 Å². The van der Waals surface area contributed by atoms with Crippen molar-refractivity contribution in [2.45, 2.75) is 44.9 Å². The fourth-order valence-electron chi connectivity index (χ4n) is 2.85. The number of methoxy groups -OCH3 is 1. The lowest BCUT2D eigenvalue weighted by atomic mass is 10.1. The number of rotatable bonds is 6. The van der Waals surface area contributed by atoms with Crippen LogP contribution in [0.25, 0.3) is 0 Å². The molecule has 0 fully saturated rings. The Hall–Kier alpha value is -1.93. The standard InChI is InChI=1S/C16H23N5O2S/c1-11(13-6-4-8-24-13)9-17-16(22)18-12-5-3-7-21-15(12)19-14(20-21)10-23-2/h4,6,8,11-12H,3,5,7,9-10H2,1-2H3,(H2,17,18,22)/t11-,12-/m1/s1. The van der Waals surface area contributed by atoms with Crippen LogP contribution in [0.4, 0.5) is 4.79 Å². The van der Waals surface area contributed by atoms with Gasteiger partial charge in [0.05, 0.1) is 6.04 Å². The molecule has 0 aliphatic carbocycles. The summed E-state index contributed by atoms with van der Waals surface area (Å²) in [5, 5.41) is 12.4. The van der Waals surface area contributed by atoms with Gasteiger partial charge in [-0.25, -0.2) is 14.5 Å². The number of ether oxygens (including phenoxy) is 1. The Morgan fingerprint density at radius 2 is 2.46 bits per heavy atom. The van der Waals surface area contributed by atoms with Gasteiger partial charge in [-0.1, -0.05) is 13.0 Å². The summed E-state index contributed by atoms with van der Waals surface area (Å²) in [6.07, 6.45) is 1.85. The Morgan fingerprint density at radius 3 is 3.21 bits per heavy atom. The number of hydrogen-bond donors (Lipinski definition) is 2. The van der Waals surface area contributed by atoms with Gasteiger partial charge in [-0.2, -0.15) is 5.10 Å². The number of nitrogens with one attached hydrogen (secondary N) is 2. The van der Waals surface area contributed by atoms with Crippen LogP contribution in [0.2, 0.25) is 0 Å². The summed E-state index contributed by atoms with van der Waals surface area (Å²) in [7, 11) is 1.62. The van der Waals surface area contributed by atoms with Crippen LogP contribution in [0.3, 0.4) is 0 Å². The van der Waals surface area contributed by atoms with Gasteiger partial charge in [0, 0.05) is 31.0 Å². The minimum atomic E-state index is -0.159. The smallest absolute Gasteiger partial charge is 0.315 e. The molecule has 130 valence electrons. The van der Waals surface area contributed by atoms with Crippen molar-refractivity contribution in [1.29, 1.82) is 0 Å². The fraction of sp³-hybridized carbons (Fsp3) is 0.562. The van der Waals surface area contributed by atoms with Crippen LogP contribution in [-0.2, 0) is 17.9 Å². The van der Waals surface area contributed by atoms with E-state index in [1.54, 1.807) is 18.4 Å². The van der Waals surface area contributed by atoms with Crippen LogP contribution >= 0.6 is 11.3 Å². The van der Waals surface area contributed by atoms with Gasteiger partial charge in [-0.05, 0) is 24.3 Å². The molecule has 0 aromatic carbocycles. The van der Waals surface area contributed by atoms with Gasteiger partial charge >= 0.3 is 6.03 Å². The highest BCUT2D eigenvalue weighted by Crippen LogP contribution is 2.23. The van der Waals surface area contributed by atoms with E-state index in [4.69, 9.17) is 4.74 Å². The third-order valence-corrected chi connectivity index (χ3v) is 5.20. The number of carbonyl (C=O) groups excluding carboxylic acids is 1. The van der Waals surface area contributed by atoms with Crippen LogP contribution in [0, 0.1) is 0 Å². The van der Waals surface area contributed by atoms with E-state index in [9.17, 15) is 4.79 Å². The summed E-state index contributed by atoms with van der Waals surface area (Å²) in [6.45, 7) is 3.94. The first-order valence-electron chi connectivity index (χ1n) is 8.17. The van der Waals surface area contributed by atoms with Crippen LogP contribution in [0.1, 0.15) is 48.3 Å². The zero-order chi connectivity index (χ0) is 16.9. The molecule has 0 saturated heterocycles. The molecular weight excluding hydrogens is 326 g/mol. The molecule has 3 heterocycles. The molecule has 0 saturated carbocycles. The molecule has 0 spiro atoms. The lowest BCUT2D eigenvalue weighted by Crippen LogP contribution is -2.41. The molecule has 2 aromatic heterocycles. The Balaban J connectivity index is 1.55. The highest BCUT2D eigenvalue weighted by molar-refractivity contribution is 7.10. The first-order chi connectivity index (χ1) is 11.7. The second-order valence-electron chi connectivity index (χ2n) is 6.01. The molecule has 2 N–H and O–H groups in total. The first-order valence-corrected chi connectivity index (χ1v) is 9.05. The van der Waals surface area contributed by atoms with E-state index in [1.165, 1.54) is 4.88 Å². The van der Waals surface area contributed by atoms with Gasteiger partial charge in [0.25, 0.3) is 0 Å². The quantitative estimate of drug-likeness (QED) is 0.839. The molecule has 2 atom stereocenters. The Kier molecular flexibility index (Phi) is 5.47. The minimum absolute atomic E-state index is 0.103. The maximum Gasteiger partial charge on any atom is 0.315 e. The summed E-state index contributed by atoms with van der Waals surface area (Å²) < 4.78 is 6.96. The average molecular weight is 349 g/mol. The number of thiophene rings is 1. The summed E-state index contributed by atoms with van der Waals surface area (Å²) in [5.41, 5.74) is 0. The van der Waals surface area contributed by atoms with E-state index < -0.39 is 0 Å². The molecule has 2 aromatic rings. The molecule has 1 aliphatic heterocycles. The molecule has 8 heteroatoms. The van der Waals surface area contributed by atoms with Gasteiger partial charge < -0.3 is 15.4 Å². The van der Waals surface area contributed by atoms with E-state index in [0.717, 1.165) is 25.2 Å². The van der Waals surface area contributed by atoms with Crippen molar-refractivity contribution in [2.24, 2.45) is 0 Å². The molecule has 2 amide bonds. The molecule has 24 heavy (non-hydrogen) atoms. The molecule has 1 aliphatic rings. The molecular formula is C16H23N5O2S. The third kappa shape index (κ3) is 3.93. The normalized spacial score (nSPS) is 18.0. The number of fused-ring (bicyclic) bond motifs is 1. The van der Waals surface area contributed by atoms with Gasteiger partial charge in [-0.3, -0.25) is 0 Å². The number of aryl methyl sites for hydroxylation is 1. The van der Waals surface area contributed by atoms with Crippen molar-refractivity contribution in [3.8, 4) is 0 Å². The highest BCUT2D eigenvalue weighted by Gasteiger charge is 2.25. The average Bonchev–Trinajstić information content (AvgIpc) is 3.22. The first kappa shape index (κ1) is 16.9. The Morgan fingerprint density at radius 1 is 1.58 bits per heavy atom. The Bertz CT molecular complexity index is 670. The van der Waals surface area contributed by atoms with E-state index in [-0.39, 0.29) is 12.1 Å². The number of nitrogens with zero attached hydrogens (tertiary/aromatic N) is 3. The molecule has 7 nitrogen and oxygen atoms in total. The molecule has 3 rings (SSSR count). The second kappa shape index (κ2) is 7.76. The fourth-order valence-corrected chi connectivity index (χ4v) is 3.64. The predicted molar refractivity (Wildman–Crippen MR) is 92.0 cm³/mol. The van der Waals surface area contributed by atoms with E-state index in [2.05, 4.69) is 39.1 Å². The zero-order valence-electron chi connectivity index (χ0n) is 14.0. The minimum Gasteiger partial charge on any atom is -0.377 e. The number of urea groups is 1. The van der Waals surface area contributed by atoms with Gasteiger partial charge in [0.1, 0.15) is 12.4 Å². The summed E-state index contributed by atoms with van der Waals surface area (Å²) in [4.78, 5) is 18.0. The van der Waals surface area contributed by atoms with Crippen molar-refractivity contribution < 1.29 is 9.53 Å². The topological polar surface area (TPSA) is 81.1 Å². The number of aromatic nitrogens is 3. The number of hydrogen-bond acceptors (Lipinski definition) is 5. The summed E-state index contributed by atoms with van der Waals surface area (Å²) in [6, 6.07) is 3.86. The lowest BCUT2D eigenvalue weighted by molar-refractivity contribution is 0.177. The maximum absolute atomic E-state index is 12.2. The number of carbonyl (C=O) groups is 1. The second-order valence-corrected chi connectivity index (χ2v) is 6.99. The third-order valence-electron chi connectivity index (χ3n) is 4.10. The molecule has 0 bridgehead atoms. The number of amides is 2. The van der Waals surface area contributed by atoms with Crippen LogP contribution < -0.4 is 10.6 Å². The maximum atomic E-state index is 12.2. The highest BCUT2D eigenvalue weighted by atomic mass is 32.1. The summed E-state index contributed by atoms with van der Waals surface area (Å²) >= 11 is 1.71. The van der Waals surface area contributed by atoms with Crippen molar-refractivity contribution in [3.05, 3.63) is 34.0 Å². The van der Waals surface area contributed by atoms with Crippen LogP contribution in [0.15, 0.2) is 17.5 Å². The van der Waals surface area contributed by atoms with E-state index >= 15 is 0 Å². The van der Waals surface area contributed by atoms with Crippen molar-refractivity contribution in [1.82, 2.24) is 25.4 Å². The van der Waals surface area contributed by atoms with Gasteiger partial charge in [0.15, 0.2) is 5.82 Å². The van der Waals surface area contributed by atoms with Crippen LogP contribution in [-0.4, -0.2) is 34.5 Å². The molecule has 0 unspecified atom stereocenters. The van der Waals surface area contributed by atoms with Gasteiger partial charge in [-0.15, -0.1) is 11.3 Å². The van der Waals surface area contributed by atoms with E-state index in [1.807, 2.05) is 10.7 Å². The monoisotopic (exact) mass is 349 g/mol. The predicted octanol–water partition coefficient (Wildman–Crippen LogP) is 2.42. The van der Waals surface area contributed by atoms with E-state index in [0.29, 0.717) is 24.9 Å². The largest absolute Gasteiger partial charge is 0.377 e. The lowest BCUT2D eigenvalue weighted by Gasteiger charge is -2.23. The zero-order valence-corrected chi connectivity index (χ0v) is 14.8. The summed E-state index contributed by atoms with van der Waals surface area (Å²) in [5.74, 6) is 1.78.